The largest absolute Gasteiger partial charge is 0.480 e. The molecule has 0 aliphatic heterocycles. The molecule has 76 valence electrons. The van der Waals surface area contributed by atoms with Gasteiger partial charge in [0.15, 0.2) is 11.4 Å². The zero-order valence-electron chi connectivity index (χ0n) is 9.13. The molecular formula is C12H16O2. The van der Waals surface area contributed by atoms with Crippen molar-refractivity contribution in [2.24, 2.45) is 0 Å². The van der Waals surface area contributed by atoms with Gasteiger partial charge in [-0.2, -0.15) is 0 Å². The van der Waals surface area contributed by atoms with Crippen molar-refractivity contribution in [1.29, 1.82) is 0 Å². The van der Waals surface area contributed by atoms with Crippen molar-refractivity contribution < 1.29 is 9.53 Å². The molecule has 0 fully saturated rings. The SMILES string of the molecule is CC(=O)C(C)(C)Oc1ccc(C)cc1. The molecule has 1 aromatic rings. The highest BCUT2D eigenvalue weighted by Crippen LogP contribution is 2.19. The van der Waals surface area contributed by atoms with Crippen LogP contribution in [-0.4, -0.2) is 11.4 Å². The van der Waals surface area contributed by atoms with Crippen molar-refractivity contribution >= 4 is 5.78 Å². The van der Waals surface area contributed by atoms with Crippen molar-refractivity contribution in [3.8, 4) is 5.75 Å². The average Bonchev–Trinajstić information content (AvgIpc) is 2.08. The maximum absolute atomic E-state index is 11.2. The molecule has 0 radical (unpaired) electrons. The van der Waals surface area contributed by atoms with Crippen molar-refractivity contribution in [2.45, 2.75) is 33.3 Å². The molecule has 0 N–H and O–H groups in total. The number of ether oxygens (including phenoxy) is 1. The van der Waals surface area contributed by atoms with Crippen LogP contribution in [0.3, 0.4) is 0 Å². The molecule has 0 aliphatic carbocycles. The Kier molecular flexibility index (Phi) is 2.94. The lowest BCUT2D eigenvalue weighted by molar-refractivity contribution is -0.129. The predicted octanol–water partition coefficient (Wildman–Crippen LogP) is 2.74. The van der Waals surface area contributed by atoms with Crippen LogP contribution in [0.4, 0.5) is 0 Å². The summed E-state index contributed by atoms with van der Waals surface area (Å²) in [6, 6.07) is 7.68. The molecule has 2 nitrogen and oxygen atoms in total. The van der Waals surface area contributed by atoms with Crippen LogP contribution in [-0.2, 0) is 4.79 Å². The zero-order chi connectivity index (χ0) is 10.8. The first kappa shape index (κ1) is 10.8. The van der Waals surface area contributed by atoms with E-state index < -0.39 is 5.60 Å². The fourth-order valence-corrected chi connectivity index (χ4v) is 0.973. The second-order valence-corrected chi connectivity index (χ2v) is 3.98. The number of hydrogen-bond donors (Lipinski definition) is 0. The molecule has 0 amide bonds. The molecule has 0 spiro atoms. The van der Waals surface area contributed by atoms with Gasteiger partial charge in [0.2, 0.25) is 0 Å². The Balaban J connectivity index is 2.79. The summed E-state index contributed by atoms with van der Waals surface area (Å²) in [7, 11) is 0. The summed E-state index contributed by atoms with van der Waals surface area (Å²) >= 11 is 0. The summed E-state index contributed by atoms with van der Waals surface area (Å²) < 4.78 is 5.57. The molecule has 14 heavy (non-hydrogen) atoms. The highest BCUT2D eigenvalue weighted by Gasteiger charge is 2.25. The Morgan fingerprint density at radius 1 is 1.21 bits per heavy atom. The van der Waals surface area contributed by atoms with E-state index in [1.54, 1.807) is 13.8 Å². The third kappa shape index (κ3) is 2.59. The second kappa shape index (κ2) is 3.82. The Hall–Kier alpha value is -1.31. The van der Waals surface area contributed by atoms with Crippen LogP contribution in [0, 0.1) is 6.92 Å². The molecule has 0 atom stereocenters. The summed E-state index contributed by atoms with van der Waals surface area (Å²) in [4.78, 5) is 11.2. The van der Waals surface area contributed by atoms with Gasteiger partial charge in [-0.05, 0) is 39.8 Å². The van der Waals surface area contributed by atoms with Crippen LogP contribution < -0.4 is 4.74 Å². The smallest absolute Gasteiger partial charge is 0.172 e. The van der Waals surface area contributed by atoms with Gasteiger partial charge in [-0.3, -0.25) is 4.79 Å². The minimum absolute atomic E-state index is 0.0260. The molecule has 1 rings (SSSR count). The lowest BCUT2D eigenvalue weighted by Gasteiger charge is -2.23. The number of benzene rings is 1. The van der Waals surface area contributed by atoms with Crippen molar-refractivity contribution in [3.05, 3.63) is 29.8 Å². The van der Waals surface area contributed by atoms with Crippen molar-refractivity contribution in [2.75, 3.05) is 0 Å². The Morgan fingerprint density at radius 2 is 1.71 bits per heavy atom. The maximum atomic E-state index is 11.2. The molecule has 0 saturated carbocycles. The van der Waals surface area contributed by atoms with Gasteiger partial charge in [-0.25, -0.2) is 0 Å². The van der Waals surface area contributed by atoms with E-state index in [1.165, 1.54) is 12.5 Å². The van der Waals surface area contributed by atoms with Gasteiger partial charge < -0.3 is 4.74 Å². The van der Waals surface area contributed by atoms with Crippen molar-refractivity contribution in [1.82, 2.24) is 0 Å². The Labute approximate surface area is 84.9 Å². The van der Waals surface area contributed by atoms with Crippen LogP contribution in [0.2, 0.25) is 0 Å². The van der Waals surface area contributed by atoms with Crippen LogP contribution in [0.25, 0.3) is 0 Å². The minimum Gasteiger partial charge on any atom is -0.480 e. The van der Waals surface area contributed by atoms with Crippen molar-refractivity contribution in [3.63, 3.8) is 0 Å². The number of carbonyl (C=O) groups excluding carboxylic acids is 1. The van der Waals surface area contributed by atoms with Crippen LogP contribution in [0.15, 0.2) is 24.3 Å². The number of hydrogen-bond acceptors (Lipinski definition) is 2. The first-order valence-electron chi connectivity index (χ1n) is 4.68. The number of rotatable bonds is 3. The molecule has 0 unspecified atom stereocenters. The zero-order valence-corrected chi connectivity index (χ0v) is 9.13. The van der Waals surface area contributed by atoms with Gasteiger partial charge in [-0.15, -0.1) is 0 Å². The Morgan fingerprint density at radius 3 is 2.14 bits per heavy atom. The summed E-state index contributed by atoms with van der Waals surface area (Å²) in [6.07, 6.45) is 0. The first-order valence-corrected chi connectivity index (χ1v) is 4.68. The number of Topliss-reactive ketones (excluding diaryl/α,β-unsaturated/α-hetero) is 1. The Bertz CT molecular complexity index is 323. The van der Waals surface area contributed by atoms with E-state index >= 15 is 0 Å². The van der Waals surface area contributed by atoms with E-state index in [9.17, 15) is 4.79 Å². The maximum Gasteiger partial charge on any atom is 0.172 e. The van der Waals surface area contributed by atoms with E-state index in [0.29, 0.717) is 0 Å². The fourth-order valence-electron chi connectivity index (χ4n) is 0.973. The summed E-state index contributed by atoms with van der Waals surface area (Å²) in [5.74, 6) is 0.758. The van der Waals surface area contributed by atoms with E-state index in [1.807, 2.05) is 31.2 Å². The monoisotopic (exact) mass is 192 g/mol. The van der Waals surface area contributed by atoms with Gasteiger partial charge in [0.1, 0.15) is 5.75 Å². The van der Waals surface area contributed by atoms with E-state index in [2.05, 4.69) is 0 Å². The molecule has 0 aliphatic rings. The number of aryl methyl sites for hydroxylation is 1. The van der Waals surface area contributed by atoms with Gasteiger partial charge in [-0.1, -0.05) is 17.7 Å². The van der Waals surface area contributed by atoms with Gasteiger partial charge in [0, 0.05) is 0 Å². The molecular weight excluding hydrogens is 176 g/mol. The van der Waals surface area contributed by atoms with Crippen LogP contribution in [0.5, 0.6) is 5.75 Å². The second-order valence-electron chi connectivity index (χ2n) is 3.98. The molecule has 0 saturated heterocycles. The van der Waals surface area contributed by atoms with Crippen LogP contribution in [0.1, 0.15) is 26.3 Å². The highest BCUT2D eigenvalue weighted by molar-refractivity contribution is 5.84. The molecule has 0 heterocycles. The standard InChI is InChI=1S/C12H16O2/c1-9-5-7-11(8-6-9)14-12(3,4)10(2)13/h5-8H,1-4H3. The quantitative estimate of drug-likeness (QED) is 0.736. The lowest BCUT2D eigenvalue weighted by Crippen LogP contribution is -2.36. The van der Waals surface area contributed by atoms with E-state index in [4.69, 9.17) is 4.74 Å². The number of ketones is 1. The minimum atomic E-state index is -0.741. The van der Waals surface area contributed by atoms with E-state index in [-0.39, 0.29) is 5.78 Å². The molecule has 0 aromatic heterocycles. The molecule has 0 bridgehead atoms. The molecule has 2 heteroatoms. The van der Waals surface area contributed by atoms with Gasteiger partial charge in [0.05, 0.1) is 0 Å². The normalized spacial score (nSPS) is 11.1. The summed E-state index contributed by atoms with van der Waals surface area (Å²) in [5.41, 5.74) is 0.438. The van der Waals surface area contributed by atoms with Gasteiger partial charge >= 0.3 is 0 Å². The first-order chi connectivity index (χ1) is 6.42. The third-order valence-electron chi connectivity index (χ3n) is 2.24. The fraction of sp³-hybridized carbons (Fsp3) is 0.417. The van der Waals surface area contributed by atoms with E-state index in [0.717, 1.165) is 5.75 Å². The average molecular weight is 192 g/mol. The number of carbonyl (C=O) groups is 1. The predicted molar refractivity (Wildman–Crippen MR) is 56.6 cm³/mol. The third-order valence-corrected chi connectivity index (χ3v) is 2.24. The van der Waals surface area contributed by atoms with Crippen LogP contribution >= 0.6 is 0 Å². The highest BCUT2D eigenvalue weighted by atomic mass is 16.5. The lowest BCUT2D eigenvalue weighted by atomic mass is 10.1. The summed E-state index contributed by atoms with van der Waals surface area (Å²) in [6.45, 7) is 7.10. The molecule has 1 aromatic carbocycles. The topological polar surface area (TPSA) is 26.3 Å². The van der Waals surface area contributed by atoms with Gasteiger partial charge in [0.25, 0.3) is 0 Å². The summed E-state index contributed by atoms with van der Waals surface area (Å²) in [5, 5.41) is 0.